The molecule has 8 heteroatoms. The Kier molecular flexibility index (Phi) is 3.96. The zero-order valence-electron chi connectivity index (χ0n) is 9.63. The van der Waals surface area contributed by atoms with Gasteiger partial charge in [0.25, 0.3) is 0 Å². The quantitative estimate of drug-likeness (QED) is 0.479. The van der Waals surface area contributed by atoms with E-state index >= 15 is 0 Å². The van der Waals surface area contributed by atoms with Crippen LogP contribution in [0.5, 0.6) is 11.6 Å². The molecule has 6 nitrogen and oxygen atoms in total. The number of halogens is 2. The van der Waals surface area contributed by atoms with Crippen molar-refractivity contribution in [3.63, 3.8) is 0 Å². The van der Waals surface area contributed by atoms with Crippen LogP contribution in [0, 0.1) is 17.0 Å². The fourth-order valence-electron chi connectivity index (χ4n) is 1.40. The highest BCUT2D eigenvalue weighted by atomic mass is 79.9. The van der Waals surface area contributed by atoms with Crippen molar-refractivity contribution in [3.8, 4) is 11.6 Å². The predicted molar refractivity (Wildman–Crippen MR) is 72.6 cm³/mol. The Hall–Kier alpha value is -1.73. The summed E-state index contributed by atoms with van der Waals surface area (Å²) >= 11 is 9.11. The van der Waals surface area contributed by atoms with E-state index < -0.39 is 4.92 Å². The van der Waals surface area contributed by atoms with Crippen molar-refractivity contribution in [2.75, 3.05) is 0 Å². The SMILES string of the molecule is Cc1nc(Br)cc(Oc2c(Cl)cccc2[N+](=O)[O-])n1. The molecule has 0 saturated carbocycles. The van der Waals surface area contributed by atoms with Crippen LogP contribution in [0.15, 0.2) is 28.9 Å². The first-order valence-corrected chi connectivity index (χ1v) is 6.26. The highest BCUT2D eigenvalue weighted by molar-refractivity contribution is 9.10. The minimum absolute atomic E-state index is 0.0424. The predicted octanol–water partition coefficient (Wildman–Crippen LogP) is 3.90. The van der Waals surface area contributed by atoms with Gasteiger partial charge in [0.1, 0.15) is 10.4 Å². The molecule has 0 fully saturated rings. The van der Waals surface area contributed by atoms with Gasteiger partial charge in [0.05, 0.1) is 9.95 Å². The smallest absolute Gasteiger partial charge is 0.313 e. The largest absolute Gasteiger partial charge is 0.430 e. The van der Waals surface area contributed by atoms with Crippen LogP contribution in [0.25, 0.3) is 0 Å². The van der Waals surface area contributed by atoms with E-state index in [1.807, 2.05) is 0 Å². The van der Waals surface area contributed by atoms with E-state index in [9.17, 15) is 10.1 Å². The standard InChI is InChI=1S/C11H7BrClN3O3/c1-6-14-9(12)5-10(15-6)19-11-7(13)3-2-4-8(11)16(17)18/h2-5H,1H3. The molecule has 0 bridgehead atoms. The molecule has 19 heavy (non-hydrogen) atoms. The van der Waals surface area contributed by atoms with Gasteiger partial charge in [0.2, 0.25) is 11.6 Å². The van der Waals surface area contributed by atoms with Crippen molar-refractivity contribution in [2.45, 2.75) is 6.92 Å². The molecule has 1 aromatic carbocycles. The first-order valence-electron chi connectivity index (χ1n) is 5.09. The van der Waals surface area contributed by atoms with E-state index in [1.54, 1.807) is 6.92 Å². The number of nitro benzene ring substituents is 1. The van der Waals surface area contributed by atoms with Crippen molar-refractivity contribution in [1.29, 1.82) is 0 Å². The van der Waals surface area contributed by atoms with E-state index in [0.29, 0.717) is 10.4 Å². The van der Waals surface area contributed by atoms with E-state index in [2.05, 4.69) is 25.9 Å². The molecule has 98 valence electrons. The van der Waals surface area contributed by atoms with Crippen LogP contribution in [-0.4, -0.2) is 14.9 Å². The van der Waals surface area contributed by atoms with Gasteiger partial charge in [-0.05, 0) is 28.9 Å². The number of hydrogen-bond donors (Lipinski definition) is 0. The second-order valence-electron chi connectivity index (χ2n) is 3.52. The molecule has 2 aromatic rings. The van der Waals surface area contributed by atoms with E-state index in [1.165, 1.54) is 24.3 Å². The molecule has 0 aliphatic carbocycles. The summed E-state index contributed by atoms with van der Waals surface area (Å²) in [5.74, 6) is 0.605. The third-order valence-corrected chi connectivity index (χ3v) is 2.84. The molecular formula is C11H7BrClN3O3. The summed E-state index contributed by atoms with van der Waals surface area (Å²) in [5, 5.41) is 11.1. The molecule has 0 radical (unpaired) electrons. The molecule has 0 aliphatic heterocycles. The van der Waals surface area contributed by atoms with Crippen molar-refractivity contribution in [2.24, 2.45) is 0 Å². The third kappa shape index (κ3) is 3.18. The zero-order valence-corrected chi connectivity index (χ0v) is 12.0. The number of nitrogens with zero attached hydrogens (tertiary/aromatic N) is 3. The summed E-state index contributed by atoms with van der Waals surface area (Å²) < 4.78 is 5.93. The first kappa shape index (κ1) is 13.7. The molecular weight excluding hydrogens is 337 g/mol. The molecule has 1 heterocycles. The van der Waals surface area contributed by atoms with Crippen molar-refractivity contribution >= 4 is 33.2 Å². The Morgan fingerprint density at radius 1 is 1.42 bits per heavy atom. The zero-order chi connectivity index (χ0) is 14.0. The normalized spacial score (nSPS) is 10.3. The van der Waals surface area contributed by atoms with Crippen molar-refractivity contribution in [3.05, 3.63) is 49.8 Å². The molecule has 2 rings (SSSR count). The van der Waals surface area contributed by atoms with Crippen LogP contribution in [0.2, 0.25) is 5.02 Å². The Morgan fingerprint density at radius 2 is 2.16 bits per heavy atom. The van der Waals surface area contributed by atoms with Gasteiger partial charge in [0, 0.05) is 12.1 Å². The summed E-state index contributed by atoms with van der Waals surface area (Å²) in [7, 11) is 0. The number of rotatable bonds is 3. The lowest BCUT2D eigenvalue weighted by atomic mass is 10.3. The summed E-state index contributed by atoms with van der Waals surface area (Å²) in [5.41, 5.74) is -0.222. The van der Waals surface area contributed by atoms with Crippen LogP contribution >= 0.6 is 27.5 Å². The highest BCUT2D eigenvalue weighted by Crippen LogP contribution is 2.37. The van der Waals surface area contributed by atoms with E-state index in [0.717, 1.165) is 0 Å². The van der Waals surface area contributed by atoms with Gasteiger partial charge in [0.15, 0.2) is 0 Å². The van der Waals surface area contributed by atoms with Crippen LogP contribution in [0.4, 0.5) is 5.69 Å². The van der Waals surface area contributed by atoms with Gasteiger partial charge < -0.3 is 4.74 Å². The van der Waals surface area contributed by atoms with Gasteiger partial charge in [-0.3, -0.25) is 10.1 Å². The Bertz CT molecular complexity index is 631. The molecule has 0 atom stereocenters. The topological polar surface area (TPSA) is 78.2 Å². The summed E-state index contributed by atoms with van der Waals surface area (Å²) in [6, 6.07) is 5.80. The number of aryl methyl sites for hydroxylation is 1. The first-order chi connectivity index (χ1) is 8.97. The number of ether oxygens (including phenoxy) is 1. The molecule has 0 amide bonds. The average molecular weight is 345 g/mol. The average Bonchev–Trinajstić information content (AvgIpc) is 2.30. The minimum atomic E-state index is -0.565. The highest BCUT2D eigenvalue weighted by Gasteiger charge is 2.19. The summed E-state index contributed by atoms with van der Waals surface area (Å²) in [6.45, 7) is 1.68. The molecule has 0 spiro atoms. The van der Waals surface area contributed by atoms with E-state index in [4.69, 9.17) is 16.3 Å². The van der Waals surface area contributed by atoms with Crippen LogP contribution in [0.1, 0.15) is 5.82 Å². The van der Waals surface area contributed by atoms with Crippen molar-refractivity contribution in [1.82, 2.24) is 9.97 Å². The minimum Gasteiger partial charge on any atom is -0.430 e. The van der Waals surface area contributed by atoms with Gasteiger partial charge in [-0.1, -0.05) is 17.7 Å². The number of hydrogen-bond acceptors (Lipinski definition) is 5. The summed E-state index contributed by atoms with van der Waals surface area (Å²) in [6.07, 6.45) is 0. The number of benzene rings is 1. The second kappa shape index (κ2) is 5.50. The number of nitro groups is 1. The fourth-order valence-corrected chi connectivity index (χ4v) is 2.07. The number of para-hydroxylation sites is 1. The lowest BCUT2D eigenvalue weighted by Gasteiger charge is -2.07. The fraction of sp³-hybridized carbons (Fsp3) is 0.0909. The third-order valence-electron chi connectivity index (χ3n) is 2.13. The molecule has 0 saturated heterocycles. The lowest BCUT2D eigenvalue weighted by molar-refractivity contribution is -0.385. The maximum Gasteiger partial charge on any atom is 0.313 e. The maximum atomic E-state index is 10.9. The summed E-state index contributed by atoms with van der Waals surface area (Å²) in [4.78, 5) is 18.4. The monoisotopic (exact) mass is 343 g/mol. The van der Waals surface area contributed by atoms with Gasteiger partial charge in [-0.15, -0.1) is 0 Å². The van der Waals surface area contributed by atoms with E-state index in [-0.39, 0.29) is 22.3 Å². The Morgan fingerprint density at radius 3 is 2.79 bits per heavy atom. The van der Waals surface area contributed by atoms with Crippen LogP contribution in [0.3, 0.4) is 0 Å². The molecule has 1 aromatic heterocycles. The molecule has 0 N–H and O–H groups in total. The van der Waals surface area contributed by atoms with Crippen LogP contribution in [-0.2, 0) is 0 Å². The maximum absolute atomic E-state index is 10.9. The van der Waals surface area contributed by atoms with Crippen molar-refractivity contribution < 1.29 is 9.66 Å². The number of aromatic nitrogens is 2. The van der Waals surface area contributed by atoms with Gasteiger partial charge in [-0.2, -0.15) is 4.98 Å². The molecule has 0 aliphatic rings. The Labute approximate surface area is 121 Å². The second-order valence-corrected chi connectivity index (χ2v) is 4.74. The van der Waals surface area contributed by atoms with Gasteiger partial charge >= 0.3 is 5.69 Å². The van der Waals surface area contributed by atoms with Crippen LogP contribution < -0.4 is 4.74 Å². The Balaban J connectivity index is 2.45. The van der Waals surface area contributed by atoms with Gasteiger partial charge in [-0.25, -0.2) is 4.98 Å². The molecule has 0 unspecified atom stereocenters. The lowest BCUT2D eigenvalue weighted by Crippen LogP contribution is -1.97.